The number of carbonyl (C=O) groups excluding carboxylic acids is 1. The lowest BCUT2D eigenvalue weighted by molar-refractivity contribution is 0.0946. The molecule has 1 amide bonds. The summed E-state index contributed by atoms with van der Waals surface area (Å²) in [6, 6.07) is 15.3. The molecule has 0 saturated carbocycles. The molecule has 1 heterocycles. The van der Waals surface area contributed by atoms with Crippen LogP contribution in [0.5, 0.6) is 5.75 Å². The highest BCUT2D eigenvalue weighted by Crippen LogP contribution is 2.19. The van der Waals surface area contributed by atoms with Crippen molar-refractivity contribution in [2.75, 3.05) is 7.11 Å². The zero-order valence-electron chi connectivity index (χ0n) is 14.8. The number of benzene rings is 2. The highest BCUT2D eigenvalue weighted by molar-refractivity contribution is 5.96. The van der Waals surface area contributed by atoms with E-state index < -0.39 is 0 Å². The van der Waals surface area contributed by atoms with Crippen LogP contribution in [0.25, 0.3) is 11.0 Å². The first-order valence-corrected chi connectivity index (χ1v) is 8.45. The third-order valence-electron chi connectivity index (χ3n) is 4.04. The van der Waals surface area contributed by atoms with Crippen LogP contribution in [0.4, 0.5) is 0 Å². The Morgan fingerprint density at radius 2 is 1.88 bits per heavy atom. The Hall–Kier alpha value is -2.82. The van der Waals surface area contributed by atoms with Gasteiger partial charge in [0, 0.05) is 6.54 Å². The van der Waals surface area contributed by atoms with Crippen molar-refractivity contribution in [2.24, 2.45) is 5.92 Å². The smallest absolute Gasteiger partial charge is 0.255 e. The largest absolute Gasteiger partial charge is 0.496 e. The first-order valence-electron chi connectivity index (χ1n) is 8.45. The van der Waals surface area contributed by atoms with E-state index in [0.717, 1.165) is 23.4 Å². The second-order valence-corrected chi connectivity index (χ2v) is 6.40. The molecule has 0 atom stereocenters. The summed E-state index contributed by atoms with van der Waals surface area (Å²) in [5.74, 6) is 1.75. The number of imidazole rings is 1. The van der Waals surface area contributed by atoms with Gasteiger partial charge >= 0.3 is 0 Å². The average Bonchev–Trinajstić information content (AvgIpc) is 2.96. The number of rotatable bonds is 6. The molecule has 130 valence electrons. The molecule has 0 bridgehead atoms. The maximum absolute atomic E-state index is 12.5. The van der Waals surface area contributed by atoms with Crippen molar-refractivity contribution in [3.05, 3.63) is 59.9 Å². The van der Waals surface area contributed by atoms with Gasteiger partial charge in [0.15, 0.2) is 0 Å². The van der Waals surface area contributed by atoms with Crippen molar-refractivity contribution >= 4 is 16.9 Å². The molecule has 0 fully saturated rings. The minimum absolute atomic E-state index is 0.166. The zero-order chi connectivity index (χ0) is 17.8. The summed E-state index contributed by atoms with van der Waals surface area (Å²) < 4.78 is 7.44. The molecule has 5 heteroatoms. The molecule has 3 aromatic rings. The average molecular weight is 337 g/mol. The quantitative estimate of drug-likeness (QED) is 0.747. The monoisotopic (exact) mass is 337 g/mol. The van der Waals surface area contributed by atoms with Gasteiger partial charge in [0.2, 0.25) is 0 Å². The molecule has 0 aliphatic heterocycles. The molecule has 0 aliphatic carbocycles. The van der Waals surface area contributed by atoms with Crippen molar-refractivity contribution in [3.8, 4) is 5.75 Å². The fourth-order valence-corrected chi connectivity index (χ4v) is 2.92. The molecule has 1 N–H and O–H groups in total. The van der Waals surface area contributed by atoms with Gasteiger partial charge in [0.1, 0.15) is 11.6 Å². The summed E-state index contributed by atoms with van der Waals surface area (Å²) in [5, 5.41) is 2.96. The standard InChI is InChI=1S/C20H23N3O2/c1-14(2)13-23-17-10-6-5-9-16(17)22-19(23)12-21-20(24)15-8-4-7-11-18(15)25-3/h4-11,14H,12-13H2,1-3H3,(H,21,24). The summed E-state index contributed by atoms with van der Waals surface area (Å²) in [4.78, 5) is 17.2. The van der Waals surface area contributed by atoms with Crippen LogP contribution in [0, 0.1) is 5.92 Å². The Morgan fingerprint density at radius 1 is 1.16 bits per heavy atom. The lowest BCUT2D eigenvalue weighted by Gasteiger charge is -2.13. The van der Waals surface area contributed by atoms with E-state index in [1.165, 1.54) is 0 Å². The summed E-state index contributed by atoms with van der Waals surface area (Å²) >= 11 is 0. The molecule has 0 spiro atoms. The minimum Gasteiger partial charge on any atom is -0.496 e. The zero-order valence-corrected chi connectivity index (χ0v) is 14.8. The van der Waals surface area contributed by atoms with Gasteiger partial charge in [-0.25, -0.2) is 4.98 Å². The fourth-order valence-electron chi connectivity index (χ4n) is 2.92. The topological polar surface area (TPSA) is 56.1 Å². The maximum atomic E-state index is 12.5. The summed E-state index contributed by atoms with van der Waals surface area (Å²) in [6.45, 7) is 5.58. The number of aromatic nitrogens is 2. The molecule has 0 unspecified atom stereocenters. The third-order valence-corrected chi connectivity index (χ3v) is 4.04. The van der Waals surface area contributed by atoms with Crippen LogP contribution in [-0.4, -0.2) is 22.6 Å². The number of fused-ring (bicyclic) bond motifs is 1. The SMILES string of the molecule is COc1ccccc1C(=O)NCc1nc2ccccc2n1CC(C)C. The van der Waals surface area contributed by atoms with Crippen LogP contribution >= 0.6 is 0 Å². The molecule has 0 saturated heterocycles. The van der Waals surface area contributed by atoms with Crippen LogP contribution in [0.15, 0.2) is 48.5 Å². The Morgan fingerprint density at radius 3 is 2.64 bits per heavy atom. The molecule has 1 aromatic heterocycles. The van der Waals surface area contributed by atoms with Crippen LogP contribution in [-0.2, 0) is 13.1 Å². The number of methoxy groups -OCH3 is 1. The van der Waals surface area contributed by atoms with Gasteiger partial charge in [-0.1, -0.05) is 38.1 Å². The normalized spacial score (nSPS) is 11.0. The highest BCUT2D eigenvalue weighted by atomic mass is 16.5. The van der Waals surface area contributed by atoms with Gasteiger partial charge in [0.05, 0.1) is 30.3 Å². The Kier molecular flexibility index (Phi) is 5.03. The van der Waals surface area contributed by atoms with E-state index in [0.29, 0.717) is 23.8 Å². The van der Waals surface area contributed by atoms with Crippen LogP contribution in [0.2, 0.25) is 0 Å². The minimum atomic E-state index is -0.166. The Bertz CT molecular complexity index is 884. The van der Waals surface area contributed by atoms with Crippen molar-refractivity contribution in [1.29, 1.82) is 0 Å². The van der Waals surface area contributed by atoms with E-state index in [1.54, 1.807) is 19.2 Å². The van der Waals surface area contributed by atoms with Gasteiger partial charge in [-0.2, -0.15) is 0 Å². The van der Waals surface area contributed by atoms with Crippen molar-refractivity contribution in [3.63, 3.8) is 0 Å². The molecule has 5 nitrogen and oxygen atoms in total. The van der Waals surface area contributed by atoms with Crippen molar-refractivity contribution < 1.29 is 9.53 Å². The second-order valence-electron chi connectivity index (χ2n) is 6.40. The lowest BCUT2D eigenvalue weighted by Crippen LogP contribution is -2.25. The summed E-state index contributed by atoms with van der Waals surface area (Å²) in [5.41, 5.74) is 2.57. The Balaban J connectivity index is 1.84. The van der Waals surface area contributed by atoms with Crippen molar-refractivity contribution in [2.45, 2.75) is 26.9 Å². The predicted octanol–water partition coefficient (Wildman–Crippen LogP) is 3.63. The van der Waals surface area contributed by atoms with Crippen LogP contribution in [0.3, 0.4) is 0 Å². The molecule has 25 heavy (non-hydrogen) atoms. The summed E-state index contributed by atoms with van der Waals surface area (Å²) in [6.07, 6.45) is 0. The van der Waals surface area contributed by atoms with E-state index in [9.17, 15) is 4.79 Å². The van der Waals surface area contributed by atoms with Gasteiger partial charge in [-0.3, -0.25) is 4.79 Å². The number of nitrogens with one attached hydrogen (secondary N) is 1. The maximum Gasteiger partial charge on any atom is 0.255 e. The van der Waals surface area contributed by atoms with Gasteiger partial charge in [0.25, 0.3) is 5.91 Å². The van der Waals surface area contributed by atoms with Gasteiger partial charge in [-0.05, 0) is 30.2 Å². The fraction of sp³-hybridized carbons (Fsp3) is 0.300. The lowest BCUT2D eigenvalue weighted by atomic mass is 10.2. The second kappa shape index (κ2) is 7.38. The first kappa shape index (κ1) is 17.0. The van der Waals surface area contributed by atoms with Crippen LogP contribution < -0.4 is 10.1 Å². The molecule has 0 aliphatic rings. The number of amides is 1. The molecular weight excluding hydrogens is 314 g/mol. The van der Waals surface area contributed by atoms with E-state index >= 15 is 0 Å². The van der Waals surface area contributed by atoms with E-state index in [-0.39, 0.29) is 5.91 Å². The van der Waals surface area contributed by atoms with Gasteiger partial charge in [-0.15, -0.1) is 0 Å². The number of hydrogen-bond donors (Lipinski definition) is 1. The number of nitrogens with zero attached hydrogens (tertiary/aromatic N) is 2. The third kappa shape index (κ3) is 3.65. The predicted molar refractivity (Wildman–Crippen MR) is 98.7 cm³/mol. The number of para-hydroxylation sites is 3. The number of ether oxygens (including phenoxy) is 1. The van der Waals surface area contributed by atoms with Crippen LogP contribution in [0.1, 0.15) is 30.0 Å². The molecule has 2 aromatic carbocycles. The number of carbonyl (C=O) groups is 1. The number of hydrogen-bond acceptors (Lipinski definition) is 3. The highest BCUT2D eigenvalue weighted by Gasteiger charge is 2.15. The van der Waals surface area contributed by atoms with Crippen molar-refractivity contribution in [1.82, 2.24) is 14.9 Å². The van der Waals surface area contributed by atoms with E-state index in [4.69, 9.17) is 9.72 Å². The van der Waals surface area contributed by atoms with E-state index in [1.807, 2.05) is 30.3 Å². The molecular formula is C20H23N3O2. The van der Waals surface area contributed by atoms with E-state index in [2.05, 4.69) is 29.8 Å². The summed E-state index contributed by atoms with van der Waals surface area (Å²) in [7, 11) is 1.56. The Labute approximate surface area is 147 Å². The molecule has 0 radical (unpaired) electrons. The first-order chi connectivity index (χ1) is 12.1. The van der Waals surface area contributed by atoms with Gasteiger partial charge < -0.3 is 14.6 Å². The molecule has 3 rings (SSSR count).